The highest BCUT2D eigenvalue weighted by atomic mass is 19.1. The summed E-state index contributed by atoms with van der Waals surface area (Å²) >= 11 is 0. The Labute approximate surface area is 185 Å². The fourth-order valence-electron chi connectivity index (χ4n) is 4.42. The molecule has 6 nitrogen and oxygen atoms in total. The van der Waals surface area contributed by atoms with Gasteiger partial charge < -0.3 is 14.6 Å². The topological polar surface area (TPSA) is 57.8 Å². The van der Waals surface area contributed by atoms with Crippen LogP contribution in [0.2, 0.25) is 0 Å². The largest absolute Gasteiger partial charge is 0.371 e. The van der Waals surface area contributed by atoms with E-state index in [9.17, 15) is 4.39 Å². The molecule has 1 saturated heterocycles. The van der Waals surface area contributed by atoms with E-state index in [1.165, 1.54) is 11.1 Å². The summed E-state index contributed by atoms with van der Waals surface area (Å²) in [6.45, 7) is 2.24. The van der Waals surface area contributed by atoms with Gasteiger partial charge in [-0.3, -0.25) is 4.99 Å². The minimum atomic E-state index is -0.666. The van der Waals surface area contributed by atoms with Gasteiger partial charge in [-0.1, -0.05) is 12.1 Å². The molecule has 0 atom stereocenters. The first-order valence-corrected chi connectivity index (χ1v) is 11.0. The quantitative estimate of drug-likeness (QED) is 0.498. The number of imidazole rings is 1. The number of piperidine rings is 1. The number of aliphatic imine (C=N–C) groups is 1. The zero-order valence-corrected chi connectivity index (χ0v) is 17.6. The number of rotatable bonds is 4. The van der Waals surface area contributed by atoms with Crippen molar-refractivity contribution in [3.63, 3.8) is 0 Å². The predicted molar refractivity (Wildman–Crippen MR) is 126 cm³/mol. The number of benzene rings is 2. The van der Waals surface area contributed by atoms with Crippen molar-refractivity contribution in [3.05, 3.63) is 72.2 Å². The monoisotopic (exact) mass is 426 g/mol. The smallest absolute Gasteiger partial charge is 0.180 e. The van der Waals surface area contributed by atoms with E-state index in [4.69, 9.17) is 4.98 Å². The maximum atomic E-state index is 13.4. The summed E-state index contributed by atoms with van der Waals surface area (Å²) in [5.41, 5.74) is 7.15. The van der Waals surface area contributed by atoms with Gasteiger partial charge in [-0.25, -0.2) is 14.4 Å². The Hall–Kier alpha value is -3.74. The molecule has 4 heterocycles. The van der Waals surface area contributed by atoms with Crippen molar-refractivity contribution in [2.75, 3.05) is 23.3 Å². The molecule has 1 N–H and O–H groups in total. The molecule has 0 aliphatic carbocycles. The normalized spacial score (nSPS) is 16.0. The van der Waals surface area contributed by atoms with Gasteiger partial charge in [0.05, 0.1) is 12.2 Å². The summed E-state index contributed by atoms with van der Waals surface area (Å²) in [5, 5.41) is 3.44. The van der Waals surface area contributed by atoms with E-state index in [2.05, 4.69) is 50.5 Å². The SMILES string of the molecule is FC1CCN(c2ccc(Nc3nc(-c4ccc5c(c4)CN=C5)cn4ccnc34)cc2)CC1. The molecular weight excluding hydrogens is 403 g/mol. The summed E-state index contributed by atoms with van der Waals surface area (Å²) in [5.74, 6) is 0.704. The van der Waals surface area contributed by atoms with Gasteiger partial charge in [0.2, 0.25) is 0 Å². The first-order chi connectivity index (χ1) is 15.7. The third-order valence-corrected chi connectivity index (χ3v) is 6.22. The molecule has 0 radical (unpaired) electrons. The molecule has 2 aromatic carbocycles. The predicted octanol–water partition coefficient (Wildman–Crippen LogP) is 5.01. The first-order valence-electron chi connectivity index (χ1n) is 11.0. The van der Waals surface area contributed by atoms with Crippen molar-refractivity contribution in [2.24, 2.45) is 4.99 Å². The molecule has 0 spiro atoms. The number of nitrogens with zero attached hydrogens (tertiary/aromatic N) is 5. The van der Waals surface area contributed by atoms with Crippen LogP contribution in [0.25, 0.3) is 16.9 Å². The summed E-state index contributed by atoms with van der Waals surface area (Å²) < 4.78 is 15.4. The van der Waals surface area contributed by atoms with Crippen LogP contribution in [0, 0.1) is 0 Å². The van der Waals surface area contributed by atoms with E-state index in [1.807, 2.05) is 35.1 Å². The molecule has 0 unspecified atom stereocenters. The Bertz CT molecular complexity index is 1300. The van der Waals surface area contributed by atoms with Crippen molar-refractivity contribution in [3.8, 4) is 11.3 Å². The van der Waals surface area contributed by atoms with Crippen LogP contribution in [0.15, 0.2) is 66.0 Å². The molecule has 6 rings (SSSR count). The minimum absolute atomic E-state index is 0.601. The van der Waals surface area contributed by atoms with Gasteiger partial charge in [0.1, 0.15) is 6.17 Å². The third-order valence-electron chi connectivity index (χ3n) is 6.22. The van der Waals surface area contributed by atoms with Gasteiger partial charge in [0.15, 0.2) is 11.5 Å². The molecule has 4 aromatic rings. The second-order valence-electron chi connectivity index (χ2n) is 8.35. The van der Waals surface area contributed by atoms with Gasteiger partial charge in [0, 0.05) is 54.8 Å². The second-order valence-corrected chi connectivity index (χ2v) is 8.35. The van der Waals surface area contributed by atoms with Crippen LogP contribution < -0.4 is 10.2 Å². The number of fused-ring (bicyclic) bond motifs is 2. The molecule has 160 valence electrons. The summed E-state index contributed by atoms with van der Waals surface area (Å²) in [6, 6.07) is 14.6. The number of hydrogen-bond donors (Lipinski definition) is 1. The average Bonchev–Trinajstić information content (AvgIpc) is 3.49. The van der Waals surface area contributed by atoms with E-state index in [0.29, 0.717) is 18.7 Å². The Morgan fingerprint density at radius 2 is 1.88 bits per heavy atom. The number of halogens is 1. The lowest BCUT2D eigenvalue weighted by atomic mass is 10.0. The van der Waals surface area contributed by atoms with Crippen LogP contribution in [-0.4, -0.2) is 39.8 Å². The van der Waals surface area contributed by atoms with E-state index in [1.54, 1.807) is 6.20 Å². The zero-order chi connectivity index (χ0) is 21.5. The number of alkyl halides is 1. The zero-order valence-electron chi connectivity index (χ0n) is 17.6. The van der Waals surface area contributed by atoms with Crippen molar-refractivity contribution in [1.82, 2.24) is 14.4 Å². The number of aromatic nitrogens is 3. The van der Waals surface area contributed by atoms with Gasteiger partial charge in [0.25, 0.3) is 0 Å². The Morgan fingerprint density at radius 1 is 1.03 bits per heavy atom. The van der Waals surface area contributed by atoms with Crippen molar-refractivity contribution in [1.29, 1.82) is 0 Å². The van der Waals surface area contributed by atoms with Gasteiger partial charge >= 0.3 is 0 Å². The molecule has 0 bridgehead atoms. The lowest BCUT2D eigenvalue weighted by Gasteiger charge is -2.30. The van der Waals surface area contributed by atoms with Crippen LogP contribution >= 0.6 is 0 Å². The fraction of sp³-hybridized carbons (Fsp3) is 0.240. The Kier molecular flexibility index (Phi) is 4.60. The molecule has 0 saturated carbocycles. The third kappa shape index (κ3) is 3.49. The van der Waals surface area contributed by atoms with Crippen molar-refractivity contribution >= 4 is 29.1 Å². The Morgan fingerprint density at radius 3 is 2.72 bits per heavy atom. The number of anilines is 3. The lowest BCUT2D eigenvalue weighted by Crippen LogP contribution is -2.34. The molecule has 2 aliphatic rings. The van der Waals surface area contributed by atoms with Crippen LogP contribution in [0.1, 0.15) is 24.0 Å². The summed E-state index contributed by atoms with van der Waals surface area (Å²) in [4.78, 5) is 16.0. The fourth-order valence-corrected chi connectivity index (χ4v) is 4.42. The molecule has 32 heavy (non-hydrogen) atoms. The first kappa shape index (κ1) is 19.0. The van der Waals surface area contributed by atoms with Gasteiger partial charge in [-0.05, 0) is 54.3 Å². The van der Waals surface area contributed by atoms with Gasteiger partial charge in [-0.15, -0.1) is 0 Å². The highest BCUT2D eigenvalue weighted by Gasteiger charge is 2.18. The molecule has 2 aromatic heterocycles. The summed E-state index contributed by atoms with van der Waals surface area (Å²) in [7, 11) is 0. The van der Waals surface area contributed by atoms with Gasteiger partial charge in [-0.2, -0.15) is 0 Å². The molecule has 0 amide bonds. The molecule has 1 fully saturated rings. The minimum Gasteiger partial charge on any atom is -0.371 e. The standard InChI is InChI=1S/C25H23FN6/c26-20-7-10-31(11-8-20)22-5-3-21(4-6-22)29-24-25-28-9-12-32(25)16-23(30-24)17-1-2-18-14-27-15-19(18)13-17/h1-6,9,12-14,16,20H,7-8,10-11,15H2,(H,29,30). The lowest BCUT2D eigenvalue weighted by molar-refractivity contribution is 0.277. The van der Waals surface area contributed by atoms with E-state index in [-0.39, 0.29) is 0 Å². The van der Waals surface area contributed by atoms with Crippen molar-refractivity contribution in [2.45, 2.75) is 25.6 Å². The van der Waals surface area contributed by atoms with E-state index >= 15 is 0 Å². The van der Waals surface area contributed by atoms with Crippen LogP contribution in [0.4, 0.5) is 21.6 Å². The highest BCUT2D eigenvalue weighted by molar-refractivity contribution is 5.86. The van der Waals surface area contributed by atoms with Crippen molar-refractivity contribution < 1.29 is 4.39 Å². The summed E-state index contributed by atoms with van der Waals surface area (Å²) in [6.07, 6.45) is 8.16. The number of hydrogen-bond acceptors (Lipinski definition) is 5. The maximum absolute atomic E-state index is 13.4. The van der Waals surface area contributed by atoms with Crippen LogP contribution in [-0.2, 0) is 6.54 Å². The van der Waals surface area contributed by atoms with E-state index < -0.39 is 6.17 Å². The Balaban J connectivity index is 1.29. The molecule has 7 heteroatoms. The van der Waals surface area contributed by atoms with E-state index in [0.717, 1.165) is 47.9 Å². The molecular formula is C25H23FN6. The molecule has 2 aliphatic heterocycles. The average molecular weight is 426 g/mol. The maximum Gasteiger partial charge on any atom is 0.180 e. The number of nitrogens with one attached hydrogen (secondary N) is 1. The highest BCUT2D eigenvalue weighted by Crippen LogP contribution is 2.28. The van der Waals surface area contributed by atoms with Crippen LogP contribution in [0.3, 0.4) is 0 Å². The van der Waals surface area contributed by atoms with Crippen LogP contribution in [0.5, 0.6) is 0 Å². The second kappa shape index (κ2) is 7.75.